The lowest BCUT2D eigenvalue weighted by Crippen LogP contribution is -2.51. The van der Waals surface area contributed by atoms with Crippen LogP contribution in [0, 0.1) is 23.6 Å². The van der Waals surface area contributed by atoms with Crippen molar-refractivity contribution in [2.24, 2.45) is 17.8 Å². The number of carbonyl (C=O) groups is 1. The number of anilines is 1. The lowest BCUT2D eigenvalue weighted by molar-refractivity contribution is -0.136. The molecule has 3 aromatic rings. The Labute approximate surface area is 226 Å². The van der Waals surface area contributed by atoms with Gasteiger partial charge < -0.3 is 14.5 Å². The maximum Gasteiger partial charge on any atom is 0.227 e. The van der Waals surface area contributed by atoms with Gasteiger partial charge in [0.25, 0.3) is 0 Å². The van der Waals surface area contributed by atoms with Gasteiger partial charge in [-0.25, -0.2) is 14.4 Å². The Bertz CT molecular complexity index is 1240. The topological polar surface area (TPSA) is 76.4 Å². The smallest absolute Gasteiger partial charge is 0.227 e. The molecule has 0 radical (unpaired) electrons. The van der Waals surface area contributed by atoms with Crippen LogP contribution >= 0.6 is 11.6 Å². The number of nitrogens with zero attached hydrogens (tertiary/aromatic N) is 6. The van der Waals surface area contributed by atoms with Gasteiger partial charge in [0.05, 0.1) is 36.5 Å². The minimum absolute atomic E-state index is 0.0602. The predicted octanol–water partition coefficient (Wildman–Crippen LogP) is 4.41. The third-order valence-corrected chi connectivity index (χ3v) is 8.44. The quantitative estimate of drug-likeness (QED) is 0.401. The lowest BCUT2D eigenvalue weighted by atomic mass is 9.90. The van der Waals surface area contributed by atoms with Crippen LogP contribution in [0.25, 0.3) is 0 Å². The molecule has 3 fully saturated rings. The summed E-state index contributed by atoms with van der Waals surface area (Å²) in [4.78, 5) is 25.2. The molecule has 2 atom stereocenters. The molecule has 1 aliphatic carbocycles. The first-order valence-electron chi connectivity index (χ1n) is 13.4. The van der Waals surface area contributed by atoms with Crippen molar-refractivity contribution < 1.29 is 13.9 Å². The second kappa shape index (κ2) is 10.9. The van der Waals surface area contributed by atoms with Crippen LogP contribution in [0.2, 0.25) is 5.02 Å². The molecule has 200 valence electrons. The van der Waals surface area contributed by atoms with E-state index in [1.54, 1.807) is 35.6 Å². The van der Waals surface area contributed by atoms with Crippen molar-refractivity contribution in [2.45, 2.75) is 38.1 Å². The Morgan fingerprint density at radius 1 is 1.16 bits per heavy atom. The zero-order valence-corrected chi connectivity index (χ0v) is 22.0. The highest BCUT2D eigenvalue weighted by Crippen LogP contribution is 2.49. The Kier molecular flexibility index (Phi) is 7.19. The van der Waals surface area contributed by atoms with Gasteiger partial charge in [0, 0.05) is 44.6 Å². The van der Waals surface area contributed by atoms with Crippen LogP contribution in [0.1, 0.15) is 37.3 Å². The third kappa shape index (κ3) is 5.62. The van der Waals surface area contributed by atoms with Crippen molar-refractivity contribution in [1.29, 1.82) is 0 Å². The molecule has 0 N–H and O–H groups in total. The van der Waals surface area contributed by atoms with Crippen LogP contribution in [0.3, 0.4) is 0 Å². The first kappa shape index (κ1) is 25.1. The van der Waals surface area contributed by atoms with E-state index in [4.69, 9.17) is 16.3 Å². The molecule has 10 heteroatoms. The summed E-state index contributed by atoms with van der Waals surface area (Å²) < 4.78 is 22.4. The van der Waals surface area contributed by atoms with Crippen LogP contribution in [0.4, 0.5) is 10.3 Å². The Morgan fingerprint density at radius 3 is 2.66 bits per heavy atom. The monoisotopic (exact) mass is 538 g/mol. The van der Waals surface area contributed by atoms with Gasteiger partial charge in [0.2, 0.25) is 11.9 Å². The van der Waals surface area contributed by atoms with E-state index in [1.807, 2.05) is 16.9 Å². The molecular weight excluding hydrogens is 507 g/mol. The number of rotatable bonds is 9. The number of likely N-dealkylation sites (tertiary alicyclic amines) is 1. The van der Waals surface area contributed by atoms with E-state index in [0.717, 1.165) is 50.1 Å². The highest BCUT2D eigenvalue weighted by molar-refractivity contribution is 6.30. The van der Waals surface area contributed by atoms with Crippen molar-refractivity contribution in [2.75, 3.05) is 37.7 Å². The van der Waals surface area contributed by atoms with Crippen LogP contribution < -0.4 is 9.64 Å². The van der Waals surface area contributed by atoms with Gasteiger partial charge in [-0.15, -0.1) is 0 Å². The Morgan fingerprint density at radius 2 is 1.95 bits per heavy atom. The molecule has 4 heterocycles. The number of amides is 1. The molecule has 0 spiro atoms. The van der Waals surface area contributed by atoms with Crippen LogP contribution in [-0.2, 0) is 11.2 Å². The van der Waals surface area contributed by atoms with Crippen molar-refractivity contribution in [3.8, 4) is 5.75 Å². The molecule has 0 bridgehead atoms. The summed E-state index contributed by atoms with van der Waals surface area (Å²) in [6, 6.07) is 6.93. The maximum atomic E-state index is 14.7. The minimum Gasteiger partial charge on any atom is -0.493 e. The summed E-state index contributed by atoms with van der Waals surface area (Å²) in [5, 5.41) is 4.78. The van der Waals surface area contributed by atoms with Gasteiger partial charge in [0.15, 0.2) is 0 Å². The maximum absolute atomic E-state index is 14.7. The van der Waals surface area contributed by atoms with E-state index in [2.05, 4.69) is 20.0 Å². The fourth-order valence-corrected chi connectivity index (χ4v) is 5.96. The highest BCUT2D eigenvalue weighted by atomic mass is 35.5. The van der Waals surface area contributed by atoms with Gasteiger partial charge in [-0.05, 0) is 61.1 Å². The van der Waals surface area contributed by atoms with E-state index in [9.17, 15) is 9.18 Å². The van der Waals surface area contributed by atoms with Crippen molar-refractivity contribution in [3.05, 3.63) is 65.5 Å². The van der Waals surface area contributed by atoms with Crippen molar-refractivity contribution >= 4 is 23.5 Å². The van der Waals surface area contributed by atoms with E-state index in [0.29, 0.717) is 41.9 Å². The predicted molar refractivity (Wildman–Crippen MR) is 142 cm³/mol. The van der Waals surface area contributed by atoms with Crippen molar-refractivity contribution in [3.63, 3.8) is 0 Å². The number of carbonyl (C=O) groups excluding carboxylic acids is 1. The minimum atomic E-state index is -0.388. The zero-order valence-electron chi connectivity index (χ0n) is 21.3. The SMILES string of the molecule is O=C(Cc1ccc(OCCC2CC2C2CCN(c3ncc(Cl)cn3)CC2)cc1F)N1CC(n2cccn2)C1. The van der Waals surface area contributed by atoms with Gasteiger partial charge >= 0.3 is 0 Å². The molecule has 2 aliphatic heterocycles. The summed E-state index contributed by atoms with van der Waals surface area (Å²) in [5.74, 6) is 3.01. The average molecular weight is 539 g/mol. The number of halogens is 2. The van der Waals surface area contributed by atoms with E-state index >= 15 is 0 Å². The summed E-state index contributed by atoms with van der Waals surface area (Å²) in [6.45, 7) is 3.76. The number of aromatic nitrogens is 4. The van der Waals surface area contributed by atoms with E-state index < -0.39 is 0 Å². The van der Waals surface area contributed by atoms with Gasteiger partial charge in [-0.2, -0.15) is 5.10 Å². The van der Waals surface area contributed by atoms with Gasteiger partial charge in [0.1, 0.15) is 11.6 Å². The fraction of sp³-hybridized carbons (Fsp3) is 0.500. The van der Waals surface area contributed by atoms with Crippen LogP contribution in [-0.4, -0.2) is 63.3 Å². The van der Waals surface area contributed by atoms with E-state index in [1.165, 1.54) is 12.5 Å². The summed E-state index contributed by atoms with van der Waals surface area (Å²) in [6.07, 6.45) is 11.5. The number of hydrogen-bond acceptors (Lipinski definition) is 6. The van der Waals surface area contributed by atoms with Crippen molar-refractivity contribution in [1.82, 2.24) is 24.6 Å². The molecule has 2 unspecified atom stereocenters. The molecule has 2 aromatic heterocycles. The van der Waals surface area contributed by atoms with Crippen LogP contribution in [0.5, 0.6) is 5.75 Å². The molecule has 6 rings (SSSR count). The van der Waals surface area contributed by atoms with Crippen LogP contribution in [0.15, 0.2) is 49.1 Å². The second-order valence-electron chi connectivity index (χ2n) is 10.7. The molecule has 1 amide bonds. The number of hydrogen-bond donors (Lipinski definition) is 0. The van der Waals surface area contributed by atoms with Gasteiger partial charge in [-0.3, -0.25) is 9.48 Å². The number of ether oxygens (including phenoxy) is 1. The molecule has 1 aromatic carbocycles. The second-order valence-corrected chi connectivity index (χ2v) is 11.1. The normalized spacial score (nSPS) is 21.8. The number of piperidine rings is 1. The summed E-state index contributed by atoms with van der Waals surface area (Å²) in [5.41, 5.74) is 0.405. The largest absolute Gasteiger partial charge is 0.493 e. The van der Waals surface area contributed by atoms with E-state index in [-0.39, 0.29) is 24.2 Å². The fourth-order valence-electron chi connectivity index (χ4n) is 5.86. The molecule has 1 saturated carbocycles. The zero-order chi connectivity index (χ0) is 26.1. The summed E-state index contributed by atoms with van der Waals surface area (Å²) >= 11 is 5.90. The molecule has 2 saturated heterocycles. The van der Waals surface area contributed by atoms with Gasteiger partial charge in [-0.1, -0.05) is 17.7 Å². The Balaban J connectivity index is 0.900. The Hall–Kier alpha value is -3.20. The highest BCUT2D eigenvalue weighted by Gasteiger charge is 2.43. The standard InChI is InChI=1S/C28H32ClFN6O2/c29-22-15-31-28(32-16-22)34-9-4-19(5-10-34)25-12-20(25)6-11-38-24-3-2-21(26(30)14-24)13-27(37)35-17-23(18-35)36-8-1-7-33-36/h1-3,7-8,14-16,19-20,23,25H,4-6,9-13,17-18H2. The lowest BCUT2D eigenvalue weighted by Gasteiger charge is -2.39. The number of benzene rings is 1. The molecule has 3 aliphatic rings. The molecular formula is C28H32ClFN6O2. The first-order valence-corrected chi connectivity index (χ1v) is 13.8. The third-order valence-electron chi connectivity index (χ3n) is 8.25. The molecule has 38 heavy (non-hydrogen) atoms. The summed E-state index contributed by atoms with van der Waals surface area (Å²) in [7, 11) is 0. The average Bonchev–Trinajstić information content (AvgIpc) is 3.46. The molecule has 8 nitrogen and oxygen atoms in total. The first-order chi connectivity index (χ1) is 18.5.